The third kappa shape index (κ3) is 2.65. The van der Waals surface area contributed by atoms with E-state index in [1.807, 2.05) is 22.4 Å². The van der Waals surface area contributed by atoms with E-state index < -0.39 is 0 Å². The number of thiophene rings is 1. The van der Waals surface area contributed by atoms with E-state index in [-0.39, 0.29) is 5.91 Å². The lowest BCUT2D eigenvalue weighted by Crippen LogP contribution is -2.44. The molecule has 2 aromatic heterocycles. The standard InChI is InChI=1S/C13H13N3O2S2/c17-11(13(19)16-4-6-18-7-5-16)15-10-8-20-12-9(10)2-1-3-14-12/h1-3,8H,4-7H2,(H,15,17). The van der Waals surface area contributed by atoms with Gasteiger partial charge in [-0.15, -0.1) is 11.3 Å². The summed E-state index contributed by atoms with van der Waals surface area (Å²) in [6.45, 7) is 2.55. The molecule has 20 heavy (non-hydrogen) atoms. The van der Waals surface area contributed by atoms with Crippen molar-refractivity contribution >= 4 is 50.4 Å². The van der Waals surface area contributed by atoms with Crippen molar-refractivity contribution in [2.45, 2.75) is 0 Å². The molecular formula is C13H13N3O2S2. The van der Waals surface area contributed by atoms with Gasteiger partial charge in [-0.1, -0.05) is 12.2 Å². The molecule has 104 valence electrons. The fourth-order valence-electron chi connectivity index (χ4n) is 2.05. The second-order valence-corrected chi connectivity index (χ2v) is 5.61. The Labute approximate surface area is 125 Å². The van der Waals surface area contributed by atoms with Gasteiger partial charge in [-0.05, 0) is 12.1 Å². The van der Waals surface area contributed by atoms with E-state index in [1.54, 1.807) is 6.20 Å². The molecule has 0 atom stereocenters. The van der Waals surface area contributed by atoms with Gasteiger partial charge in [0.1, 0.15) is 4.83 Å². The zero-order valence-electron chi connectivity index (χ0n) is 10.7. The fourth-order valence-corrected chi connectivity index (χ4v) is 3.13. The highest BCUT2D eigenvalue weighted by molar-refractivity contribution is 7.82. The number of nitrogens with one attached hydrogen (secondary N) is 1. The zero-order chi connectivity index (χ0) is 13.9. The summed E-state index contributed by atoms with van der Waals surface area (Å²) in [6, 6.07) is 3.79. The number of hydrogen-bond acceptors (Lipinski definition) is 5. The average molecular weight is 307 g/mol. The van der Waals surface area contributed by atoms with Gasteiger partial charge in [0.05, 0.1) is 18.9 Å². The SMILES string of the molecule is O=C(Nc1csc2ncccc12)C(=S)N1CCOCC1. The van der Waals surface area contributed by atoms with Crippen LogP contribution in [0.4, 0.5) is 5.69 Å². The van der Waals surface area contributed by atoms with Gasteiger partial charge in [0, 0.05) is 30.1 Å². The van der Waals surface area contributed by atoms with E-state index in [2.05, 4.69) is 10.3 Å². The van der Waals surface area contributed by atoms with Crippen molar-refractivity contribution in [2.75, 3.05) is 31.6 Å². The lowest BCUT2D eigenvalue weighted by atomic mass is 10.3. The van der Waals surface area contributed by atoms with Gasteiger partial charge in [-0.2, -0.15) is 0 Å². The minimum absolute atomic E-state index is 0.245. The van der Waals surface area contributed by atoms with E-state index in [4.69, 9.17) is 17.0 Å². The predicted octanol–water partition coefficient (Wildman–Crippen LogP) is 1.89. The molecule has 0 saturated carbocycles. The summed E-state index contributed by atoms with van der Waals surface area (Å²) in [7, 11) is 0. The molecule has 1 saturated heterocycles. The zero-order valence-corrected chi connectivity index (χ0v) is 12.3. The lowest BCUT2D eigenvalue weighted by Gasteiger charge is -2.28. The van der Waals surface area contributed by atoms with Gasteiger partial charge in [0.25, 0.3) is 5.91 Å². The Hall–Kier alpha value is -1.57. The molecule has 0 radical (unpaired) electrons. The predicted molar refractivity (Wildman–Crippen MR) is 83.2 cm³/mol. The number of carbonyl (C=O) groups excluding carboxylic acids is 1. The summed E-state index contributed by atoms with van der Waals surface area (Å²) in [5, 5.41) is 5.70. The molecule has 1 aliphatic rings. The van der Waals surface area contributed by atoms with Gasteiger partial charge in [-0.25, -0.2) is 4.98 Å². The number of amides is 1. The van der Waals surface area contributed by atoms with Crippen molar-refractivity contribution in [3.8, 4) is 0 Å². The quantitative estimate of drug-likeness (QED) is 0.816. The number of rotatable bonds is 1. The average Bonchev–Trinajstić information content (AvgIpc) is 2.91. The number of thiocarbonyl (C=S) groups is 1. The normalized spacial score (nSPS) is 15.3. The number of fused-ring (bicyclic) bond motifs is 1. The summed E-state index contributed by atoms with van der Waals surface area (Å²) in [6.07, 6.45) is 1.74. The first kappa shape index (κ1) is 13.4. The Bertz CT molecular complexity index is 650. The molecule has 3 heterocycles. The molecule has 0 unspecified atom stereocenters. The van der Waals surface area contributed by atoms with Crippen LogP contribution in [-0.4, -0.2) is 47.1 Å². The Balaban J connectivity index is 1.73. The first-order valence-electron chi connectivity index (χ1n) is 6.26. The van der Waals surface area contributed by atoms with E-state index in [0.29, 0.717) is 31.3 Å². The van der Waals surface area contributed by atoms with Crippen LogP contribution >= 0.6 is 23.6 Å². The Morgan fingerprint density at radius 3 is 3.05 bits per heavy atom. The maximum absolute atomic E-state index is 12.2. The summed E-state index contributed by atoms with van der Waals surface area (Å²) < 4.78 is 5.25. The van der Waals surface area contributed by atoms with Crippen molar-refractivity contribution in [2.24, 2.45) is 0 Å². The molecule has 0 aromatic carbocycles. The minimum Gasteiger partial charge on any atom is -0.378 e. The van der Waals surface area contributed by atoms with Crippen LogP contribution in [0.3, 0.4) is 0 Å². The van der Waals surface area contributed by atoms with Crippen molar-refractivity contribution in [1.82, 2.24) is 9.88 Å². The summed E-state index contributed by atoms with van der Waals surface area (Å²) in [4.78, 5) is 19.5. The highest BCUT2D eigenvalue weighted by Crippen LogP contribution is 2.28. The molecule has 1 fully saturated rings. The lowest BCUT2D eigenvalue weighted by molar-refractivity contribution is -0.111. The second-order valence-electron chi connectivity index (χ2n) is 4.36. The minimum atomic E-state index is -0.245. The van der Waals surface area contributed by atoms with E-state index in [9.17, 15) is 4.79 Å². The van der Waals surface area contributed by atoms with Crippen LogP contribution in [0.5, 0.6) is 0 Å². The number of aromatic nitrogens is 1. The molecule has 0 bridgehead atoms. The molecule has 0 aliphatic carbocycles. The number of hydrogen-bond donors (Lipinski definition) is 1. The van der Waals surface area contributed by atoms with Gasteiger partial charge in [0.2, 0.25) is 0 Å². The van der Waals surface area contributed by atoms with Crippen LogP contribution in [0.2, 0.25) is 0 Å². The molecular weight excluding hydrogens is 294 g/mol. The number of anilines is 1. The number of nitrogens with zero attached hydrogens (tertiary/aromatic N) is 2. The van der Waals surface area contributed by atoms with Crippen molar-refractivity contribution in [3.63, 3.8) is 0 Å². The topological polar surface area (TPSA) is 54.5 Å². The van der Waals surface area contributed by atoms with Crippen LogP contribution in [0.15, 0.2) is 23.7 Å². The number of pyridine rings is 1. The monoisotopic (exact) mass is 307 g/mol. The molecule has 7 heteroatoms. The Kier molecular flexibility index (Phi) is 3.90. The summed E-state index contributed by atoms with van der Waals surface area (Å²) >= 11 is 6.74. The molecule has 3 rings (SSSR count). The molecule has 1 aliphatic heterocycles. The second kappa shape index (κ2) is 5.82. The molecule has 1 N–H and O–H groups in total. The Morgan fingerprint density at radius 2 is 2.25 bits per heavy atom. The van der Waals surface area contributed by atoms with E-state index in [0.717, 1.165) is 15.9 Å². The summed E-state index contributed by atoms with van der Waals surface area (Å²) in [5.41, 5.74) is 0.763. The van der Waals surface area contributed by atoms with Gasteiger partial charge in [0.15, 0.2) is 4.99 Å². The van der Waals surface area contributed by atoms with Crippen LogP contribution in [0.25, 0.3) is 10.2 Å². The van der Waals surface area contributed by atoms with E-state index >= 15 is 0 Å². The van der Waals surface area contributed by atoms with Crippen LogP contribution < -0.4 is 5.32 Å². The number of morpholine rings is 1. The van der Waals surface area contributed by atoms with Gasteiger partial charge in [-0.3, -0.25) is 4.79 Å². The number of carbonyl (C=O) groups is 1. The first-order valence-corrected chi connectivity index (χ1v) is 7.55. The molecule has 2 aromatic rings. The first-order chi connectivity index (χ1) is 9.75. The maximum atomic E-state index is 12.2. The largest absolute Gasteiger partial charge is 0.378 e. The smallest absolute Gasteiger partial charge is 0.283 e. The molecule has 0 spiro atoms. The van der Waals surface area contributed by atoms with Gasteiger partial charge >= 0.3 is 0 Å². The third-order valence-corrected chi connectivity index (χ3v) is 4.44. The van der Waals surface area contributed by atoms with Crippen molar-refractivity contribution in [3.05, 3.63) is 23.7 Å². The fraction of sp³-hybridized carbons (Fsp3) is 0.308. The number of ether oxygens (including phenoxy) is 1. The van der Waals surface area contributed by atoms with E-state index in [1.165, 1.54) is 11.3 Å². The van der Waals surface area contributed by atoms with Gasteiger partial charge < -0.3 is 15.0 Å². The van der Waals surface area contributed by atoms with Crippen LogP contribution in [-0.2, 0) is 9.53 Å². The molecule has 1 amide bonds. The third-order valence-electron chi connectivity index (χ3n) is 3.09. The van der Waals surface area contributed by atoms with Crippen molar-refractivity contribution < 1.29 is 9.53 Å². The molecule has 5 nitrogen and oxygen atoms in total. The maximum Gasteiger partial charge on any atom is 0.283 e. The Morgan fingerprint density at radius 1 is 1.45 bits per heavy atom. The van der Waals surface area contributed by atoms with Crippen LogP contribution in [0, 0.1) is 0 Å². The van der Waals surface area contributed by atoms with Crippen molar-refractivity contribution in [1.29, 1.82) is 0 Å². The van der Waals surface area contributed by atoms with Crippen LogP contribution in [0.1, 0.15) is 0 Å². The highest BCUT2D eigenvalue weighted by Gasteiger charge is 2.20. The summed E-state index contributed by atoms with van der Waals surface area (Å²) in [5.74, 6) is -0.245. The highest BCUT2D eigenvalue weighted by atomic mass is 32.1.